The van der Waals surface area contributed by atoms with Crippen LogP contribution in [-0.2, 0) is 11.3 Å². The third kappa shape index (κ3) is 4.94. The molecule has 2 heterocycles. The second-order valence-electron chi connectivity index (χ2n) is 6.69. The van der Waals surface area contributed by atoms with Crippen LogP contribution >= 0.6 is 23.1 Å². The van der Waals surface area contributed by atoms with E-state index in [9.17, 15) is 14.0 Å². The summed E-state index contributed by atoms with van der Waals surface area (Å²) in [6, 6.07) is 5.59. The lowest BCUT2D eigenvalue weighted by Gasteiger charge is -2.11. The van der Waals surface area contributed by atoms with Gasteiger partial charge in [0.05, 0.1) is 18.5 Å². The standard InChI is InChI=1S/C21H23FN2O3S2/c1-13-14(2)29-19-18(13)20(26)24(10-11-27-3)21(23-19)28-12-4-5-17(25)15-6-8-16(22)9-7-15/h6-9H,4-5,10-12H2,1-3H3. The van der Waals surface area contributed by atoms with E-state index in [0.29, 0.717) is 47.9 Å². The number of rotatable bonds is 9. The van der Waals surface area contributed by atoms with Crippen LogP contribution in [0, 0.1) is 19.7 Å². The van der Waals surface area contributed by atoms with Crippen molar-refractivity contribution in [3.05, 3.63) is 56.4 Å². The zero-order valence-corrected chi connectivity index (χ0v) is 18.3. The number of Topliss-reactive ketones (excluding diaryl/α,β-unsaturated/α-hetero) is 1. The average molecular weight is 435 g/mol. The fraction of sp³-hybridized carbons (Fsp3) is 0.381. The molecule has 1 aromatic carbocycles. The molecule has 0 radical (unpaired) electrons. The molecule has 0 bridgehead atoms. The molecule has 0 unspecified atom stereocenters. The highest BCUT2D eigenvalue weighted by molar-refractivity contribution is 7.99. The summed E-state index contributed by atoms with van der Waals surface area (Å²) >= 11 is 3.00. The number of nitrogens with zero attached hydrogens (tertiary/aromatic N) is 2. The predicted octanol–water partition coefficient (Wildman–Crippen LogP) is 4.62. The smallest absolute Gasteiger partial charge is 0.263 e. The van der Waals surface area contributed by atoms with E-state index in [1.165, 1.54) is 47.4 Å². The zero-order valence-electron chi connectivity index (χ0n) is 16.7. The highest BCUT2D eigenvalue weighted by atomic mass is 32.2. The van der Waals surface area contributed by atoms with E-state index in [1.807, 2.05) is 13.8 Å². The lowest BCUT2D eigenvalue weighted by Crippen LogP contribution is -2.25. The molecule has 0 aliphatic rings. The Bertz CT molecular complexity index is 1070. The number of halogens is 1. The minimum atomic E-state index is -0.355. The lowest BCUT2D eigenvalue weighted by molar-refractivity contribution is 0.0982. The molecule has 5 nitrogen and oxygen atoms in total. The number of benzene rings is 1. The summed E-state index contributed by atoms with van der Waals surface area (Å²) in [6.07, 6.45) is 1.00. The molecular formula is C21H23FN2O3S2. The van der Waals surface area contributed by atoms with Gasteiger partial charge in [-0.3, -0.25) is 14.2 Å². The molecule has 0 saturated carbocycles. The summed E-state index contributed by atoms with van der Waals surface area (Å²) in [5.41, 5.74) is 1.45. The quantitative estimate of drug-likeness (QED) is 0.213. The Morgan fingerprint density at radius 1 is 1.28 bits per heavy atom. The van der Waals surface area contributed by atoms with E-state index in [2.05, 4.69) is 0 Å². The maximum Gasteiger partial charge on any atom is 0.263 e. The van der Waals surface area contributed by atoms with Gasteiger partial charge in [0, 0.05) is 29.7 Å². The molecule has 0 fully saturated rings. The monoisotopic (exact) mass is 434 g/mol. The zero-order chi connectivity index (χ0) is 21.0. The first-order chi connectivity index (χ1) is 13.9. The number of hydrogen-bond donors (Lipinski definition) is 0. The first-order valence-corrected chi connectivity index (χ1v) is 11.1. The number of thiophene rings is 1. The van der Waals surface area contributed by atoms with Crippen molar-refractivity contribution in [1.29, 1.82) is 0 Å². The van der Waals surface area contributed by atoms with Crippen LogP contribution in [-0.4, -0.2) is 34.8 Å². The Kier molecular flexibility index (Phi) is 7.21. The van der Waals surface area contributed by atoms with Crippen LogP contribution in [0.2, 0.25) is 0 Å². The fourth-order valence-corrected chi connectivity index (χ4v) is 5.01. The number of fused-ring (bicyclic) bond motifs is 1. The fourth-order valence-electron chi connectivity index (χ4n) is 2.97. The van der Waals surface area contributed by atoms with Crippen molar-refractivity contribution >= 4 is 39.1 Å². The molecule has 0 aliphatic carbocycles. The topological polar surface area (TPSA) is 61.2 Å². The summed E-state index contributed by atoms with van der Waals surface area (Å²) in [4.78, 5) is 31.8. The van der Waals surface area contributed by atoms with Gasteiger partial charge in [0.1, 0.15) is 10.6 Å². The second-order valence-corrected chi connectivity index (χ2v) is 8.95. The Hall–Kier alpha value is -2.03. The van der Waals surface area contributed by atoms with Crippen molar-refractivity contribution in [3.63, 3.8) is 0 Å². The highest BCUT2D eigenvalue weighted by Crippen LogP contribution is 2.28. The van der Waals surface area contributed by atoms with Crippen molar-refractivity contribution < 1.29 is 13.9 Å². The molecular weight excluding hydrogens is 411 g/mol. The molecule has 29 heavy (non-hydrogen) atoms. The summed E-state index contributed by atoms with van der Waals surface area (Å²) in [5.74, 6) is 0.281. The van der Waals surface area contributed by atoms with Crippen LogP contribution in [0.25, 0.3) is 10.2 Å². The first-order valence-electron chi connectivity index (χ1n) is 9.33. The number of carbonyl (C=O) groups excluding carboxylic acids is 1. The average Bonchev–Trinajstić information content (AvgIpc) is 2.99. The van der Waals surface area contributed by atoms with Gasteiger partial charge in [-0.2, -0.15) is 0 Å². The molecule has 8 heteroatoms. The number of methoxy groups -OCH3 is 1. The van der Waals surface area contributed by atoms with Gasteiger partial charge in [0.2, 0.25) is 0 Å². The molecule has 2 aromatic heterocycles. The van der Waals surface area contributed by atoms with Crippen molar-refractivity contribution in [2.45, 2.75) is 38.4 Å². The number of ether oxygens (including phenoxy) is 1. The highest BCUT2D eigenvalue weighted by Gasteiger charge is 2.17. The van der Waals surface area contributed by atoms with Crippen molar-refractivity contribution in [1.82, 2.24) is 9.55 Å². The van der Waals surface area contributed by atoms with Crippen molar-refractivity contribution in [2.75, 3.05) is 19.5 Å². The van der Waals surface area contributed by atoms with Gasteiger partial charge in [0.15, 0.2) is 10.9 Å². The molecule has 0 amide bonds. The first kappa shape index (κ1) is 21.7. The van der Waals surface area contributed by atoms with E-state index in [0.717, 1.165) is 15.3 Å². The molecule has 0 saturated heterocycles. The van der Waals surface area contributed by atoms with Crippen LogP contribution in [0.1, 0.15) is 33.6 Å². The number of hydrogen-bond acceptors (Lipinski definition) is 6. The van der Waals surface area contributed by atoms with Crippen molar-refractivity contribution in [2.24, 2.45) is 0 Å². The Labute approximate surface area is 176 Å². The number of aryl methyl sites for hydroxylation is 2. The molecule has 0 atom stereocenters. The van der Waals surface area contributed by atoms with Crippen molar-refractivity contribution in [3.8, 4) is 0 Å². The Balaban J connectivity index is 1.72. The summed E-state index contributed by atoms with van der Waals surface area (Å²) < 4.78 is 19.8. The number of ketones is 1. The summed E-state index contributed by atoms with van der Waals surface area (Å²) in [6.45, 7) is 4.80. The molecule has 0 N–H and O–H groups in total. The minimum absolute atomic E-state index is 0.0182. The summed E-state index contributed by atoms with van der Waals surface area (Å²) in [7, 11) is 1.60. The van der Waals surface area contributed by atoms with Gasteiger partial charge in [-0.25, -0.2) is 9.37 Å². The maximum atomic E-state index is 13.0. The normalized spacial score (nSPS) is 11.3. The van der Waals surface area contributed by atoms with Gasteiger partial charge >= 0.3 is 0 Å². The van der Waals surface area contributed by atoms with Gasteiger partial charge in [-0.15, -0.1) is 11.3 Å². The van der Waals surface area contributed by atoms with Gasteiger partial charge in [-0.05, 0) is 50.1 Å². The third-order valence-electron chi connectivity index (χ3n) is 4.72. The van der Waals surface area contributed by atoms with Gasteiger partial charge in [-0.1, -0.05) is 11.8 Å². The van der Waals surface area contributed by atoms with Gasteiger partial charge in [0.25, 0.3) is 5.56 Å². The SMILES string of the molecule is COCCn1c(SCCCC(=O)c2ccc(F)cc2)nc2sc(C)c(C)c2c1=O. The van der Waals surface area contributed by atoms with E-state index >= 15 is 0 Å². The van der Waals surface area contributed by atoms with E-state index in [-0.39, 0.29) is 17.2 Å². The number of aromatic nitrogens is 2. The van der Waals surface area contributed by atoms with E-state index in [4.69, 9.17) is 9.72 Å². The molecule has 3 rings (SSSR count). The second kappa shape index (κ2) is 9.65. The van der Waals surface area contributed by atoms with Crippen LogP contribution < -0.4 is 5.56 Å². The van der Waals surface area contributed by atoms with E-state index in [1.54, 1.807) is 11.7 Å². The number of carbonyl (C=O) groups is 1. The number of thioether (sulfide) groups is 1. The Morgan fingerprint density at radius 3 is 2.69 bits per heavy atom. The van der Waals surface area contributed by atoms with E-state index < -0.39 is 0 Å². The minimum Gasteiger partial charge on any atom is -0.383 e. The van der Waals surface area contributed by atoms with Crippen LogP contribution in [0.15, 0.2) is 34.2 Å². The third-order valence-corrected chi connectivity index (χ3v) is 6.88. The molecule has 0 aliphatic heterocycles. The Morgan fingerprint density at radius 2 is 2.00 bits per heavy atom. The molecule has 154 valence electrons. The van der Waals surface area contributed by atoms with Gasteiger partial charge < -0.3 is 4.74 Å². The van der Waals surface area contributed by atoms with Crippen LogP contribution in [0.4, 0.5) is 4.39 Å². The largest absolute Gasteiger partial charge is 0.383 e. The molecule has 3 aromatic rings. The van der Waals surface area contributed by atoms with Crippen LogP contribution in [0.5, 0.6) is 0 Å². The predicted molar refractivity (Wildman–Crippen MR) is 116 cm³/mol. The molecule has 0 spiro atoms. The summed E-state index contributed by atoms with van der Waals surface area (Å²) in [5, 5.41) is 1.33. The van der Waals surface area contributed by atoms with Crippen LogP contribution in [0.3, 0.4) is 0 Å². The maximum absolute atomic E-state index is 13.0. The lowest BCUT2D eigenvalue weighted by atomic mass is 10.1.